The first-order chi connectivity index (χ1) is 8.99. The van der Waals surface area contributed by atoms with Crippen LogP contribution in [0.15, 0.2) is 22.7 Å². The van der Waals surface area contributed by atoms with Crippen LogP contribution in [-0.2, 0) is 6.42 Å². The van der Waals surface area contributed by atoms with Gasteiger partial charge in [-0.15, -0.1) is 0 Å². The summed E-state index contributed by atoms with van der Waals surface area (Å²) in [6.07, 6.45) is 4.36. The topological polar surface area (TPSA) is 12.0 Å². The maximum Gasteiger partial charge on any atom is 0.124 e. The second kappa shape index (κ2) is 8.01. The largest absolute Gasteiger partial charge is 0.316 e. The van der Waals surface area contributed by atoms with Crippen LogP contribution in [0.5, 0.6) is 0 Å². The molecule has 3 heteroatoms. The fourth-order valence-electron chi connectivity index (χ4n) is 2.62. The third kappa shape index (κ3) is 6.05. The lowest BCUT2D eigenvalue weighted by atomic mass is 9.79. The molecule has 1 rings (SSSR count). The molecule has 0 saturated carbocycles. The van der Waals surface area contributed by atoms with Gasteiger partial charge in [0.05, 0.1) is 0 Å². The zero-order valence-corrected chi connectivity index (χ0v) is 13.8. The van der Waals surface area contributed by atoms with Gasteiger partial charge in [-0.05, 0) is 55.0 Å². The second-order valence-electron chi connectivity index (χ2n) is 5.69. The highest BCUT2D eigenvalue weighted by molar-refractivity contribution is 9.10. The number of hydrogen-bond donors (Lipinski definition) is 1. The van der Waals surface area contributed by atoms with E-state index < -0.39 is 0 Å². The molecule has 1 nitrogen and oxygen atoms in total. The first kappa shape index (κ1) is 16.6. The Bertz CT molecular complexity index is 374. The summed E-state index contributed by atoms with van der Waals surface area (Å²) < 4.78 is 14.3. The Morgan fingerprint density at radius 1 is 1.21 bits per heavy atom. The predicted molar refractivity (Wildman–Crippen MR) is 84.0 cm³/mol. The second-order valence-corrected chi connectivity index (χ2v) is 6.61. The summed E-state index contributed by atoms with van der Waals surface area (Å²) in [6.45, 7) is 8.71. The van der Waals surface area contributed by atoms with E-state index in [0.29, 0.717) is 0 Å². The van der Waals surface area contributed by atoms with E-state index in [4.69, 9.17) is 0 Å². The van der Waals surface area contributed by atoms with Crippen molar-refractivity contribution in [2.45, 2.75) is 46.5 Å². The summed E-state index contributed by atoms with van der Waals surface area (Å²) in [7, 11) is 0. The Labute approximate surface area is 125 Å². The number of nitrogens with one attached hydrogen (secondary N) is 1. The van der Waals surface area contributed by atoms with Crippen molar-refractivity contribution >= 4 is 15.9 Å². The van der Waals surface area contributed by atoms with Crippen molar-refractivity contribution in [1.29, 1.82) is 0 Å². The van der Waals surface area contributed by atoms with Gasteiger partial charge in [0.25, 0.3) is 0 Å². The molecule has 0 aromatic heterocycles. The van der Waals surface area contributed by atoms with Crippen molar-refractivity contribution in [3.8, 4) is 0 Å². The summed E-state index contributed by atoms with van der Waals surface area (Å²) in [6, 6.07) is 5.19. The molecule has 0 bridgehead atoms. The van der Waals surface area contributed by atoms with Crippen LogP contribution < -0.4 is 5.32 Å². The minimum atomic E-state index is -0.162. The summed E-state index contributed by atoms with van der Waals surface area (Å²) in [5.74, 6) is -0.162. The lowest BCUT2D eigenvalue weighted by molar-refractivity contribution is 0.275. The number of benzene rings is 1. The molecule has 1 aromatic carbocycles. The standard InChI is InChI=1S/C16H25BrFN/c1-4-6-16(3,12-19-7-5-2)11-13-8-14(17)10-15(18)9-13/h8-10,19H,4-7,11-12H2,1-3H3. The first-order valence-electron chi connectivity index (χ1n) is 7.15. The minimum Gasteiger partial charge on any atom is -0.316 e. The lowest BCUT2D eigenvalue weighted by Gasteiger charge is -2.30. The fraction of sp³-hybridized carbons (Fsp3) is 0.625. The summed E-state index contributed by atoms with van der Waals surface area (Å²) in [4.78, 5) is 0. The van der Waals surface area contributed by atoms with Gasteiger partial charge < -0.3 is 5.32 Å². The molecule has 0 radical (unpaired) electrons. The number of rotatable bonds is 8. The summed E-state index contributed by atoms with van der Waals surface area (Å²) in [5.41, 5.74) is 1.26. The molecule has 0 aliphatic heterocycles. The van der Waals surface area contributed by atoms with Gasteiger partial charge in [-0.1, -0.05) is 43.1 Å². The molecule has 0 aliphatic rings. The highest BCUT2D eigenvalue weighted by Crippen LogP contribution is 2.29. The van der Waals surface area contributed by atoms with E-state index in [9.17, 15) is 4.39 Å². The van der Waals surface area contributed by atoms with Gasteiger partial charge in [0.2, 0.25) is 0 Å². The molecule has 0 amide bonds. The predicted octanol–water partition coefficient (Wildman–Crippen LogP) is 4.94. The third-order valence-corrected chi connectivity index (χ3v) is 3.84. The molecule has 0 heterocycles. The number of halogens is 2. The van der Waals surface area contributed by atoms with Crippen molar-refractivity contribution in [1.82, 2.24) is 5.32 Å². The Morgan fingerprint density at radius 2 is 1.95 bits per heavy atom. The van der Waals surface area contributed by atoms with Crippen molar-refractivity contribution in [2.75, 3.05) is 13.1 Å². The monoisotopic (exact) mass is 329 g/mol. The molecule has 108 valence electrons. The van der Waals surface area contributed by atoms with Crippen LogP contribution in [0.1, 0.15) is 45.6 Å². The highest BCUT2D eigenvalue weighted by atomic mass is 79.9. The molecule has 19 heavy (non-hydrogen) atoms. The molecule has 1 N–H and O–H groups in total. The zero-order chi connectivity index (χ0) is 14.3. The zero-order valence-electron chi connectivity index (χ0n) is 12.2. The molecule has 1 atom stereocenters. The molecule has 1 aromatic rings. The van der Waals surface area contributed by atoms with Crippen molar-refractivity contribution in [3.63, 3.8) is 0 Å². The van der Waals surface area contributed by atoms with E-state index >= 15 is 0 Å². The lowest BCUT2D eigenvalue weighted by Crippen LogP contribution is -2.34. The van der Waals surface area contributed by atoms with Crippen molar-refractivity contribution in [3.05, 3.63) is 34.1 Å². The van der Waals surface area contributed by atoms with Crippen molar-refractivity contribution in [2.24, 2.45) is 5.41 Å². The van der Waals surface area contributed by atoms with Crippen LogP contribution >= 0.6 is 15.9 Å². The smallest absolute Gasteiger partial charge is 0.124 e. The average molecular weight is 330 g/mol. The van der Waals surface area contributed by atoms with Gasteiger partial charge in [-0.3, -0.25) is 0 Å². The van der Waals surface area contributed by atoms with Crippen molar-refractivity contribution < 1.29 is 4.39 Å². The van der Waals surface area contributed by atoms with Crippen LogP contribution in [0, 0.1) is 11.2 Å². The van der Waals surface area contributed by atoms with E-state index in [0.717, 1.165) is 48.8 Å². The van der Waals surface area contributed by atoms with E-state index in [1.165, 1.54) is 6.07 Å². The van der Waals surface area contributed by atoms with Crippen LogP contribution in [0.3, 0.4) is 0 Å². The van der Waals surface area contributed by atoms with Gasteiger partial charge >= 0.3 is 0 Å². The SMILES string of the molecule is CCCNCC(C)(CCC)Cc1cc(F)cc(Br)c1. The van der Waals surface area contributed by atoms with Crippen LogP contribution in [0.25, 0.3) is 0 Å². The normalized spacial score (nSPS) is 14.4. The Kier molecular flexibility index (Phi) is 7.01. The molecule has 0 saturated heterocycles. The van der Waals surface area contributed by atoms with Gasteiger partial charge in [0.1, 0.15) is 5.82 Å². The maximum atomic E-state index is 13.4. The minimum absolute atomic E-state index is 0.162. The van der Waals surface area contributed by atoms with Gasteiger partial charge in [-0.25, -0.2) is 4.39 Å². The van der Waals surface area contributed by atoms with Crippen LogP contribution in [0.4, 0.5) is 4.39 Å². The Hall–Kier alpha value is -0.410. The quantitative estimate of drug-likeness (QED) is 0.666. The maximum absolute atomic E-state index is 13.4. The van der Waals surface area contributed by atoms with E-state index in [2.05, 4.69) is 42.0 Å². The molecular formula is C16H25BrFN. The summed E-state index contributed by atoms with van der Waals surface area (Å²) >= 11 is 3.37. The molecular weight excluding hydrogens is 305 g/mol. The number of hydrogen-bond acceptors (Lipinski definition) is 1. The third-order valence-electron chi connectivity index (χ3n) is 3.39. The van der Waals surface area contributed by atoms with Crippen LogP contribution in [0.2, 0.25) is 0 Å². The fourth-order valence-corrected chi connectivity index (χ4v) is 3.13. The summed E-state index contributed by atoms with van der Waals surface area (Å²) in [5, 5.41) is 3.50. The Morgan fingerprint density at radius 3 is 2.53 bits per heavy atom. The molecule has 0 spiro atoms. The van der Waals surface area contributed by atoms with Gasteiger partial charge in [-0.2, -0.15) is 0 Å². The molecule has 0 aliphatic carbocycles. The molecule has 0 fully saturated rings. The first-order valence-corrected chi connectivity index (χ1v) is 7.94. The van der Waals surface area contributed by atoms with Crippen LogP contribution in [-0.4, -0.2) is 13.1 Å². The Balaban J connectivity index is 2.75. The van der Waals surface area contributed by atoms with E-state index in [1.54, 1.807) is 6.07 Å². The molecule has 1 unspecified atom stereocenters. The average Bonchev–Trinajstić information content (AvgIpc) is 2.27. The van der Waals surface area contributed by atoms with E-state index in [1.807, 2.05) is 6.07 Å². The highest BCUT2D eigenvalue weighted by Gasteiger charge is 2.23. The van der Waals surface area contributed by atoms with E-state index in [-0.39, 0.29) is 11.2 Å². The van der Waals surface area contributed by atoms with Gasteiger partial charge in [0, 0.05) is 11.0 Å². The van der Waals surface area contributed by atoms with Gasteiger partial charge in [0.15, 0.2) is 0 Å².